The molecule has 0 unspecified atom stereocenters. The van der Waals surface area contributed by atoms with Crippen LogP contribution in [-0.2, 0) is 22.7 Å². The monoisotopic (exact) mass is 366 g/mol. The molecule has 0 fully saturated rings. The lowest BCUT2D eigenvalue weighted by atomic mass is 10.2. The van der Waals surface area contributed by atoms with Crippen molar-refractivity contribution in [2.24, 2.45) is 0 Å². The highest BCUT2D eigenvalue weighted by molar-refractivity contribution is 6.30. The third kappa shape index (κ3) is 4.77. The molecule has 0 spiro atoms. The Hall–Kier alpha value is -2.45. The number of rotatable bonds is 7. The molecule has 0 amide bonds. The predicted octanol–water partition coefficient (Wildman–Crippen LogP) is 2.69. The van der Waals surface area contributed by atoms with Crippen LogP contribution >= 0.6 is 11.6 Å². The van der Waals surface area contributed by atoms with E-state index < -0.39 is 10.9 Å². The van der Waals surface area contributed by atoms with Crippen LogP contribution in [0.15, 0.2) is 24.3 Å². The second kappa shape index (κ2) is 8.09. The second-order valence-corrected chi connectivity index (χ2v) is 6.04. The summed E-state index contributed by atoms with van der Waals surface area (Å²) in [5.41, 5.74) is 1.72. The Kier molecular flexibility index (Phi) is 6.11. The van der Waals surface area contributed by atoms with Gasteiger partial charge in [-0.3, -0.25) is 19.8 Å². The molecule has 0 aliphatic carbocycles. The number of hydrogen-bond donors (Lipinski definition) is 0. The Labute approximate surface area is 150 Å². The maximum absolute atomic E-state index is 11.7. The van der Waals surface area contributed by atoms with E-state index in [0.29, 0.717) is 23.0 Å². The number of carbonyl (C=O) groups is 1. The quantitative estimate of drug-likeness (QED) is 0.425. The number of benzene rings is 1. The maximum atomic E-state index is 11.7. The van der Waals surface area contributed by atoms with Gasteiger partial charge in [0.25, 0.3) is 0 Å². The smallest absolute Gasteiger partial charge is 0.319 e. The average Bonchev–Trinajstić information content (AvgIpc) is 2.83. The van der Waals surface area contributed by atoms with Crippen LogP contribution in [0.2, 0.25) is 5.02 Å². The molecule has 25 heavy (non-hydrogen) atoms. The minimum atomic E-state index is -0.446. The molecule has 8 nitrogen and oxygen atoms in total. The number of hydrogen-bond acceptors (Lipinski definition) is 6. The zero-order chi connectivity index (χ0) is 18.6. The van der Waals surface area contributed by atoms with Crippen LogP contribution in [0, 0.1) is 24.0 Å². The fraction of sp³-hybridized carbons (Fsp3) is 0.375. The third-order valence-corrected chi connectivity index (χ3v) is 4.01. The van der Waals surface area contributed by atoms with Gasteiger partial charge in [0.15, 0.2) is 0 Å². The molecule has 2 rings (SSSR count). The number of halogens is 1. The number of esters is 1. The zero-order valence-electron chi connectivity index (χ0n) is 14.2. The van der Waals surface area contributed by atoms with E-state index in [2.05, 4.69) is 5.10 Å². The molecular formula is C16H19ClN4O4. The minimum absolute atomic E-state index is 0.00971. The standard InChI is InChI=1S/C16H19ClN4O4/c1-11-16(21(23)24)12(2)20(18-11)10-19(9-15(22)25-3)8-13-4-6-14(17)7-5-13/h4-7H,8-10H2,1-3H3. The van der Waals surface area contributed by atoms with E-state index in [1.54, 1.807) is 30.9 Å². The van der Waals surface area contributed by atoms with Crippen molar-refractivity contribution in [3.63, 3.8) is 0 Å². The first-order valence-electron chi connectivity index (χ1n) is 7.53. The number of carbonyl (C=O) groups excluding carboxylic acids is 1. The molecule has 0 aliphatic heterocycles. The summed E-state index contributed by atoms with van der Waals surface area (Å²) in [6.45, 7) is 3.92. The molecule has 0 atom stereocenters. The van der Waals surface area contributed by atoms with Gasteiger partial charge in [-0.25, -0.2) is 4.68 Å². The van der Waals surface area contributed by atoms with E-state index in [1.807, 2.05) is 12.1 Å². The molecule has 1 aromatic heterocycles. The largest absolute Gasteiger partial charge is 0.468 e. The first kappa shape index (κ1) is 18.9. The SMILES string of the molecule is COC(=O)CN(Cc1ccc(Cl)cc1)Cn1nc(C)c([N+](=O)[O-])c1C. The van der Waals surface area contributed by atoms with E-state index in [-0.39, 0.29) is 18.9 Å². The van der Waals surface area contributed by atoms with Crippen molar-refractivity contribution in [2.75, 3.05) is 13.7 Å². The summed E-state index contributed by atoms with van der Waals surface area (Å²) in [6.07, 6.45) is 0. The summed E-state index contributed by atoms with van der Waals surface area (Å²) in [7, 11) is 1.32. The summed E-state index contributed by atoms with van der Waals surface area (Å²) in [6, 6.07) is 7.25. The highest BCUT2D eigenvalue weighted by Gasteiger charge is 2.23. The highest BCUT2D eigenvalue weighted by atomic mass is 35.5. The van der Waals surface area contributed by atoms with Crippen LogP contribution in [0.3, 0.4) is 0 Å². The van der Waals surface area contributed by atoms with Gasteiger partial charge in [0.2, 0.25) is 0 Å². The van der Waals surface area contributed by atoms with Crippen LogP contribution < -0.4 is 0 Å². The molecule has 0 N–H and O–H groups in total. The van der Waals surface area contributed by atoms with Gasteiger partial charge in [-0.1, -0.05) is 23.7 Å². The summed E-state index contributed by atoms with van der Waals surface area (Å²) in [4.78, 5) is 24.2. The van der Waals surface area contributed by atoms with Gasteiger partial charge in [-0.05, 0) is 31.5 Å². The van der Waals surface area contributed by atoms with Gasteiger partial charge >= 0.3 is 11.7 Å². The lowest BCUT2D eigenvalue weighted by Gasteiger charge is -2.21. The summed E-state index contributed by atoms with van der Waals surface area (Å²) in [5, 5.41) is 16.0. The van der Waals surface area contributed by atoms with Gasteiger partial charge in [0, 0.05) is 11.6 Å². The molecule has 0 radical (unpaired) electrons. The van der Waals surface area contributed by atoms with Gasteiger partial charge in [0.1, 0.15) is 11.4 Å². The number of aryl methyl sites for hydroxylation is 1. The van der Waals surface area contributed by atoms with Crippen LogP contribution in [-0.4, -0.2) is 39.2 Å². The normalized spacial score (nSPS) is 10.9. The number of aromatic nitrogens is 2. The van der Waals surface area contributed by atoms with Crippen LogP contribution in [0.1, 0.15) is 17.0 Å². The van der Waals surface area contributed by atoms with E-state index >= 15 is 0 Å². The van der Waals surface area contributed by atoms with Crippen LogP contribution in [0.4, 0.5) is 5.69 Å². The lowest BCUT2D eigenvalue weighted by molar-refractivity contribution is -0.386. The predicted molar refractivity (Wildman–Crippen MR) is 92.2 cm³/mol. The fourth-order valence-electron chi connectivity index (χ4n) is 2.53. The van der Waals surface area contributed by atoms with Crippen LogP contribution in [0.25, 0.3) is 0 Å². The average molecular weight is 367 g/mol. The second-order valence-electron chi connectivity index (χ2n) is 5.61. The molecule has 1 aromatic carbocycles. The van der Waals surface area contributed by atoms with Gasteiger partial charge in [-0.15, -0.1) is 0 Å². The molecule has 0 bridgehead atoms. The highest BCUT2D eigenvalue weighted by Crippen LogP contribution is 2.22. The zero-order valence-corrected chi connectivity index (χ0v) is 15.0. The van der Waals surface area contributed by atoms with E-state index in [9.17, 15) is 14.9 Å². The van der Waals surface area contributed by atoms with Crippen molar-refractivity contribution in [1.29, 1.82) is 0 Å². The number of methoxy groups -OCH3 is 1. The Morgan fingerprint density at radius 2 is 2.00 bits per heavy atom. The van der Waals surface area contributed by atoms with Crippen molar-refractivity contribution in [2.45, 2.75) is 27.1 Å². The number of ether oxygens (including phenoxy) is 1. The third-order valence-electron chi connectivity index (χ3n) is 3.76. The van der Waals surface area contributed by atoms with Crippen molar-refractivity contribution in [3.8, 4) is 0 Å². The Morgan fingerprint density at radius 1 is 1.36 bits per heavy atom. The van der Waals surface area contributed by atoms with Gasteiger partial charge < -0.3 is 4.74 Å². The molecule has 0 saturated heterocycles. The molecule has 1 heterocycles. The fourth-order valence-corrected chi connectivity index (χ4v) is 2.66. The molecule has 2 aromatic rings. The van der Waals surface area contributed by atoms with Crippen molar-refractivity contribution in [3.05, 3.63) is 56.4 Å². The first-order chi connectivity index (χ1) is 11.8. The Morgan fingerprint density at radius 3 is 2.52 bits per heavy atom. The molecular weight excluding hydrogens is 348 g/mol. The van der Waals surface area contributed by atoms with Gasteiger partial charge in [-0.2, -0.15) is 5.10 Å². The lowest BCUT2D eigenvalue weighted by Crippen LogP contribution is -2.32. The van der Waals surface area contributed by atoms with Crippen molar-refractivity contribution in [1.82, 2.24) is 14.7 Å². The summed E-state index contributed by atoms with van der Waals surface area (Å²) in [5.74, 6) is -0.398. The summed E-state index contributed by atoms with van der Waals surface area (Å²) >= 11 is 5.89. The number of nitro groups is 1. The first-order valence-corrected chi connectivity index (χ1v) is 7.91. The summed E-state index contributed by atoms with van der Waals surface area (Å²) < 4.78 is 6.25. The molecule has 0 aliphatic rings. The van der Waals surface area contributed by atoms with Crippen LogP contribution in [0.5, 0.6) is 0 Å². The molecule has 134 valence electrons. The van der Waals surface area contributed by atoms with Crippen molar-refractivity contribution < 1.29 is 14.5 Å². The topological polar surface area (TPSA) is 90.5 Å². The number of nitrogens with zero attached hydrogens (tertiary/aromatic N) is 4. The molecule has 9 heteroatoms. The minimum Gasteiger partial charge on any atom is -0.468 e. The van der Waals surface area contributed by atoms with Crippen molar-refractivity contribution >= 4 is 23.3 Å². The Bertz CT molecular complexity index is 773. The van der Waals surface area contributed by atoms with E-state index in [4.69, 9.17) is 16.3 Å². The van der Waals surface area contributed by atoms with E-state index in [1.165, 1.54) is 11.8 Å². The van der Waals surface area contributed by atoms with E-state index in [0.717, 1.165) is 5.56 Å². The van der Waals surface area contributed by atoms with Gasteiger partial charge in [0.05, 0.1) is 25.2 Å². The molecule has 0 saturated carbocycles. The Balaban J connectivity index is 2.24. The maximum Gasteiger partial charge on any atom is 0.319 e.